The van der Waals surface area contributed by atoms with E-state index in [2.05, 4.69) is 10.3 Å². The zero-order valence-electron chi connectivity index (χ0n) is 11.4. The van der Waals surface area contributed by atoms with Crippen molar-refractivity contribution in [2.75, 3.05) is 0 Å². The second kappa shape index (κ2) is 6.20. The Morgan fingerprint density at radius 2 is 2.15 bits per heavy atom. The summed E-state index contributed by atoms with van der Waals surface area (Å²) in [6.45, 7) is 4.20. The van der Waals surface area contributed by atoms with Gasteiger partial charge in [-0.25, -0.2) is 0 Å². The Balaban J connectivity index is 2.26. The first-order valence-corrected chi connectivity index (χ1v) is 6.86. The summed E-state index contributed by atoms with van der Waals surface area (Å²) in [6, 6.07) is 6.85. The molecule has 2 N–H and O–H groups in total. The van der Waals surface area contributed by atoms with Crippen LogP contribution in [0.15, 0.2) is 30.5 Å². The lowest BCUT2D eigenvalue weighted by molar-refractivity contribution is -0.140. The van der Waals surface area contributed by atoms with Crippen molar-refractivity contribution in [2.24, 2.45) is 5.92 Å². The van der Waals surface area contributed by atoms with Gasteiger partial charge in [0.15, 0.2) is 0 Å². The Hall–Kier alpha value is -1.65. The molecular formula is C15H17ClN2O2. The Morgan fingerprint density at radius 3 is 2.80 bits per heavy atom. The fourth-order valence-electron chi connectivity index (χ4n) is 2.17. The Morgan fingerprint density at radius 1 is 1.40 bits per heavy atom. The highest BCUT2D eigenvalue weighted by molar-refractivity contribution is 6.35. The molecule has 0 saturated carbocycles. The average Bonchev–Trinajstić information content (AvgIpc) is 2.41. The number of fused-ring (bicyclic) bond motifs is 1. The fourth-order valence-corrected chi connectivity index (χ4v) is 2.38. The lowest BCUT2D eigenvalue weighted by Crippen LogP contribution is -2.40. The lowest BCUT2D eigenvalue weighted by Gasteiger charge is -2.18. The first-order valence-electron chi connectivity index (χ1n) is 6.49. The highest BCUT2D eigenvalue weighted by atomic mass is 35.5. The van der Waals surface area contributed by atoms with Gasteiger partial charge in [0.2, 0.25) is 0 Å². The van der Waals surface area contributed by atoms with Gasteiger partial charge in [0, 0.05) is 23.2 Å². The van der Waals surface area contributed by atoms with E-state index in [1.807, 2.05) is 38.1 Å². The average molecular weight is 293 g/mol. The maximum Gasteiger partial charge on any atom is 0.320 e. The molecule has 0 amide bonds. The van der Waals surface area contributed by atoms with Gasteiger partial charge in [-0.1, -0.05) is 31.5 Å². The van der Waals surface area contributed by atoms with Crippen molar-refractivity contribution in [3.63, 3.8) is 0 Å². The van der Waals surface area contributed by atoms with Gasteiger partial charge >= 0.3 is 5.97 Å². The highest BCUT2D eigenvalue weighted by Crippen LogP contribution is 2.24. The largest absolute Gasteiger partial charge is 0.480 e. The van der Waals surface area contributed by atoms with Crippen LogP contribution in [0.3, 0.4) is 0 Å². The molecule has 2 aromatic rings. The molecule has 0 aliphatic rings. The topological polar surface area (TPSA) is 62.2 Å². The van der Waals surface area contributed by atoms with E-state index in [-0.39, 0.29) is 5.92 Å². The second-order valence-electron chi connectivity index (χ2n) is 5.05. The number of aliphatic carboxylic acids is 1. The SMILES string of the molecule is CC(C)C(NCc1ccc(Cl)c2cccnc12)C(=O)O. The van der Waals surface area contributed by atoms with Crippen LogP contribution in [0.1, 0.15) is 19.4 Å². The number of hydrogen-bond acceptors (Lipinski definition) is 3. The summed E-state index contributed by atoms with van der Waals surface area (Å²) in [4.78, 5) is 15.5. The smallest absolute Gasteiger partial charge is 0.320 e. The molecule has 1 unspecified atom stereocenters. The first-order chi connectivity index (χ1) is 9.50. The standard InChI is InChI=1S/C15H17ClN2O2/c1-9(2)13(15(19)20)18-8-10-5-6-12(16)11-4-3-7-17-14(10)11/h3-7,9,13,18H,8H2,1-2H3,(H,19,20). The summed E-state index contributed by atoms with van der Waals surface area (Å²) in [6.07, 6.45) is 1.71. The predicted molar refractivity (Wildman–Crippen MR) is 79.9 cm³/mol. The van der Waals surface area contributed by atoms with E-state index in [4.69, 9.17) is 11.6 Å². The molecule has 5 heteroatoms. The molecule has 1 aromatic heterocycles. The molecule has 0 aliphatic heterocycles. The van der Waals surface area contributed by atoms with Crippen LogP contribution in [0.25, 0.3) is 10.9 Å². The van der Waals surface area contributed by atoms with E-state index in [0.717, 1.165) is 16.5 Å². The monoisotopic (exact) mass is 292 g/mol. The fraction of sp³-hybridized carbons (Fsp3) is 0.333. The minimum Gasteiger partial charge on any atom is -0.480 e. The summed E-state index contributed by atoms with van der Waals surface area (Å²) < 4.78 is 0. The molecule has 106 valence electrons. The summed E-state index contributed by atoms with van der Waals surface area (Å²) >= 11 is 6.14. The number of carbonyl (C=O) groups is 1. The minimum atomic E-state index is -0.841. The van der Waals surface area contributed by atoms with Crippen LogP contribution in [-0.2, 0) is 11.3 Å². The third-order valence-electron chi connectivity index (χ3n) is 3.25. The number of carboxylic acids is 1. The van der Waals surface area contributed by atoms with Crippen molar-refractivity contribution < 1.29 is 9.90 Å². The van der Waals surface area contributed by atoms with Gasteiger partial charge in [0.05, 0.1) is 5.52 Å². The molecule has 0 radical (unpaired) electrons. The van der Waals surface area contributed by atoms with E-state index in [1.54, 1.807) is 6.20 Å². The summed E-state index contributed by atoms with van der Waals surface area (Å²) in [5, 5.41) is 13.8. The number of hydrogen-bond donors (Lipinski definition) is 2. The van der Waals surface area contributed by atoms with Crippen LogP contribution in [-0.4, -0.2) is 22.1 Å². The van der Waals surface area contributed by atoms with Gasteiger partial charge in [0.1, 0.15) is 6.04 Å². The number of benzene rings is 1. The molecule has 1 atom stereocenters. The van der Waals surface area contributed by atoms with Crippen molar-refractivity contribution in [3.8, 4) is 0 Å². The van der Waals surface area contributed by atoms with Crippen LogP contribution in [0, 0.1) is 5.92 Å². The van der Waals surface area contributed by atoms with Gasteiger partial charge in [-0.05, 0) is 29.7 Å². The van der Waals surface area contributed by atoms with Gasteiger partial charge in [-0.15, -0.1) is 0 Å². The zero-order chi connectivity index (χ0) is 14.7. The number of nitrogens with one attached hydrogen (secondary N) is 1. The predicted octanol–water partition coefficient (Wildman–Crippen LogP) is 3.09. The molecular weight excluding hydrogens is 276 g/mol. The van der Waals surface area contributed by atoms with Gasteiger partial charge in [-0.3, -0.25) is 9.78 Å². The summed E-state index contributed by atoms with van der Waals surface area (Å²) in [5.41, 5.74) is 1.75. The van der Waals surface area contributed by atoms with E-state index in [9.17, 15) is 9.90 Å². The van der Waals surface area contributed by atoms with Crippen molar-refractivity contribution in [1.82, 2.24) is 10.3 Å². The lowest BCUT2D eigenvalue weighted by atomic mass is 10.0. The Bertz CT molecular complexity index is 628. The highest BCUT2D eigenvalue weighted by Gasteiger charge is 2.20. The van der Waals surface area contributed by atoms with Gasteiger partial charge in [-0.2, -0.15) is 0 Å². The van der Waals surface area contributed by atoms with Crippen LogP contribution in [0.5, 0.6) is 0 Å². The minimum absolute atomic E-state index is 0.0130. The first kappa shape index (κ1) is 14.8. The molecule has 0 aliphatic carbocycles. The van der Waals surface area contributed by atoms with Crippen LogP contribution >= 0.6 is 11.6 Å². The number of rotatable bonds is 5. The zero-order valence-corrected chi connectivity index (χ0v) is 12.2. The third kappa shape index (κ3) is 3.08. The maximum absolute atomic E-state index is 11.2. The van der Waals surface area contributed by atoms with Crippen molar-refractivity contribution >= 4 is 28.5 Å². The van der Waals surface area contributed by atoms with Gasteiger partial charge in [0.25, 0.3) is 0 Å². The van der Waals surface area contributed by atoms with Crippen LogP contribution in [0.2, 0.25) is 5.02 Å². The molecule has 0 fully saturated rings. The number of aromatic nitrogens is 1. The summed E-state index contributed by atoms with van der Waals surface area (Å²) in [7, 11) is 0. The van der Waals surface area contributed by atoms with E-state index in [1.165, 1.54) is 0 Å². The molecule has 0 saturated heterocycles. The molecule has 1 aromatic carbocycles. The second-order valence-corrected chi connectivity index (χ2v) is 5.45. The van der Waals surface area contributed by atoms with Crippen molar-refractivity contribution in [3.05, 3.63) is 41.0 Å². The molecule has 0 spiro atoms. The number of carboxylic acid groups (broad SMARTS) is 1. The van der Waals surface area contributed by atoms with E-state index >= 15 is 0 Å². The Labute approximate surface area is 122 Å². The Kier molecular flexibility index (Phi) is 4.57. The quantitative estimate of drug-likeness (QED) is 0.889. The van der Waals surface area contributed by atoms with Gasteiger partial charge < -0.3 is 10.4 Å². The third-order valence-corrected chi connectivity index (χ3v) is 3.57. The molecule has 2 rings (SSSR count). The molecule has 20 heavy (non-hydrogen) atoms. The van der Waals surface area contributed by atoms with Crippen LogP contribution in [0.4, 0.5) is 0 Å². The maximum atomic E-state index is 11.2. The molecule has 0 bridgehead atoms. The normalized spacial score (nSPS) is 12.8. The molecule has 4 nitrogen and oxygen atoms in total. The van der Waals surface area contributed by atoms with E-state index < -0.39 is 12.0 Å². The summed E-state index contributed by atoms with van der Waals surface area (Å²) in [5.74, 6) is -0.828. The van der Waals surface area contributed by atoms with Crippen molar-refractivity contribution in [2.45, 2.75) is 26.4 Å². The van der Waals surface area contributed by atoms with Crippen molar-refractivity contribution in [1.29, 1.82) is 0 Å². The molecule has 1 heterocycles. The number of pyridine rings is 1. The van der Waals surface area contributed by atoms with E-state index in [0.29, 0.717) is 11.6 Å². The number of halogens is 1. The van der Waals surface area contributed by atoms with Crippen LogP contribution < -0.4 is 5.32 Å². The number of nitrogens with zero attached hydrogens (tertiary/aromatic N) is 1.